The SMILES string of the molecule is CCN(CC)CC[n+]1cccc(C(=O)OC)c1.[I-]. The molecule has 0 spiro atoms. The highest BCUT2D eigenvalue weighted by Gasteiger charge is 2.11. The van der Waals surface area contributed by atoms with E-state index in [4.69, 9.17) is 4.74 Å². The molecule has 0 atom stereocenters. The summed E-state index contributed by atoms with van der Waals surface area (Å²) in [5, 5.41) is 0. The molecule has 5 heteroatoms. The van der Waals surface area contributed by atoms with Crippen molar-refractivity contribution >= 4 is 5.97 Å². The third-order valence-corrected chi connectivity index (χ3v) is 2.85. The predicted octanol–water partition coefficient (Wildman–Crippen LogP) is -1.89. The van der Waals surface area contributed by atoms with Gasteiger partial charge in [-0.1, -0.05) is 13.8 Å². The average Bonchev–Trinajstić information content (AvgIpc) is 2.39. The largest absolute Gasteiger partial charge is 1.00 e. The highest BCUT2D eigenvalue weighted by atomic mass is 127. The number of halogens is 1. The third-order valence-electron chi connectivity index (χ3n) is 2.85. The summed E-state index contributed by atoms with van der Waals surface area (Å²) in [6.07, 6.45) is 3.80. The lowest BCUT2D eigenvalue weighted by Gasteiger charge is -2.15. The summed E-state index contributed by atoms with van der Waals surface area (Å²) in [6.45, 7) is 8.27. The van der Waals surface area contributed by atoms with Crippen molar-refractivity contribution in [3.05, 3.63) is 30.1 Å². The Morgan fingerprint density at radius 3 is 2.61 bits per heavy atom. The number of likely N-dealkylation sites (N-methyl/N-ethyl adjacent to an activating group) is 1. The maximum atomic E-state index is 11.4. The smallest absolute Gasteiger partial charge is 0.343 e. The molecule has 102 valence electrons. The quantitative estimate of drug-likeness (QED) is 0.336. The Morgan fingerprint density at radius 2 is 2.06 bits per heavy atom. The van der Waals surface area contributed by atoms with E-state index in [1.807, 2.05) is 23.0 Å². The van der Waals surface area contributed by atoms with E-state index >= 15 is 0 Å². The van der Waals surface area contributed by atoms with Crippen molar-refractivity contribution in [3.63, 3.8) is 0 Å². The first-order valence-corrected chi connectivity index (χ1v) is 6.01. The fourth-order valence-corrected chi connectivity index (χ4v) is 1.70. The van der Waals surface area contributed by atoms with Crippen molar-refractivity contribution in [1.82, 2.24) is 4.90 Å². The molecule has 0 fully saturated rings. The van der Waals surface area contributed by atoms with Crippen molar-refractivity contribution in [2.45, 2.75) is 20.4 Å². The van der Waals surface area contributed by atoms with Gasteiger partial charge < -0.3 is 28.7 Å². The van der Waals surface area contributed by atoms with Gasteiger partial charge in [-0.15, -0.1) is 0 Å². The van der Waals surface area contributed by atoms with Gasteiger partial charge in [0.2, 0.25) is 0 Å². The van der Waals surface area contributed by atoms with Crippen LogP contribution in [0.4, 0.5) is 0 Å². The first kappa shape index (κ1) is 17.3. The van der Waals surface area contributed by atoms with E-state index in [1.165, 1.54) is 7.11 Å². The fraction of sp³-hybridized carbons (Fsp3) is 0.538. The van der Waals surface area contributed by atoms with Crippen LogP contribution in [0.2, 0.25) is 0 Å². The van der Waals surface area contributed by atoms with Gasteiger partial charge in [-0.05, 0) is 19.2 Å². The van der Waals surface area contributed by atoms with Crippen molar-refractivity contribution in [2.24, 2.45) is 0 Å². The lowest BCUT2D eigenvalue weighted by atomic mass is 10.3. The molecule has 1 heterocycles. The number of carbonyl (C=O) groups excluding carboxylic acids is 1. The lowest BCUT2D eigenvalue weighted by molar-refractivity contribution is -0.696. The lowest BCUT2D eigenvalue weighted by Crippen LogP contribution is -3.00. The molecular formula is C13H21IN2O2. The highest BCUT2D eigenvalue weighted by Crippen LogP contribution is 1.96. The van der Waals surface area contributed by atoms with Gasteiger partial charge in [0.25, 0.3) is 0 Å². The van der Waals surface area contributed by atoms with Crippen molar-refractivity contribution in [1.29, 1.82) is 0 Å². The zero-order chi connectivity index (χ0) is 12.7. The summed E-state index contributed by atoms with van der Waals surface area (Å²) in [4.78, 5) is 13.7. The second-order valence-electron chi connectivity index (χ2n) is 3.85. The summed E-state index contributed by atoms with van der Waals surface area (Å²) in [7, 11) is 1.40. The molecular weight excluding hydrogens is 343 g/mol. The molecule has 0 aliphatic carbocycles. The molecule has 0 radical (unpaired) electrons. The van der Waals surface area contributed by atoms with Crippen LogP contribution in [-0.2, 0) is 11.3 Å². The average molecular weight is 364 g/mol. The van der Waals surface area contributed by atoms with Crippen molar-refractivity contribution in [3.8, 4) is 0 Å². The Labute approximate surface area is 126 Å². The van der Waals surface area contributed by atoms with Crippen molar-refractivity contribution < 1.29 is 38.1 Å². The van der Waals surface area contributed by atoms with Crippen LogP contribution in [0.1, 0.15) is 24.2 Å². The second-order valence-corrected chi connectivity index (χ2v) is 3.85. The molecule has 0 amide bonds. The van der Waals surface area contributed by atoms with E-state index in [1.54, 1.807) is 6.07 Å². The van der Waals surface area contributed by atoms with Gasteiger partial charge in [0.15, 0.2) is 18.9 Å². The monoisotopic (exact) mass is 364 g/mol. The Morgan fingerprint density at radius 1 is 1.39 bits per heavy atom. The number of hydrogen-bond acceptors (Lipinski definition) is 3. The number of nitrogens with zero attached hydrogens (tertiary/aromatic N) is 2. The number of ether oxygens (including phenoxy) is 1. The molecule has 0 saturated heterocycles. The first-order valence-electron chi connectivity index (χ1n) is 6.01. The maximum absolute atomic E-state index is 11.4. The van der Waals surface area contributed by atoms with E-state index in [0.717, 1.165) is 26.2 Å². The zero-order valence-electron chi connectivity index (χ0n) is 11.2. The number of hydrogen-bond donors (Lipinski definition) is 0. The van der Waals surface area contributed by atoms with Crippen LogP contribution in [0.25, 0.3) is 0 Å². The summed E-state index contributed by atoms with van der Waals surface area (Å²) in [5.41, 5.74) is 0.592. The summed E-state index contributed by atoms with van der Waals surface area (Å²) in [6, 6.07) is 3.63. The Kier molecular flexibility index (Phi) is 8.91. The fourth-order valence-electron chi connectivity index (χ4n) is 1.70. The van der Waals surface area contributed by atoms with Crippen LogP contribution in [-0.4, -0.2) is 37.6 Å². The van der Waals surface area contributed by atoms with Crippen LogP contribution in [0.5, 0.6) is 0 Å². The van der Waals surface area contributed by atoms with Gasteiger partial charge in [0.05, 0.1) is 13.7 Å². The van der Waals surface area contributed by atoms with E-state index in [9.17, 15) is 4.79 Å². The molecule has 0 aromatic carbocycles. The van der Waals surface area contributed by atoms with Gasteiger partial charge in [0.1, 0.15) is 5.56 Å². The van der Waals surface area contributed by atoms with E-state index < -0.39 is 0 Å². The van der Waals surface area contributed by atoms with Crippen LogP contribution < -0.4 is 28.5 Å². The molecule has 0 aliphatic rings. The third kappa shape index (κ3) is 5.30. The Bertz CT molecular complexity index is 368. The topological polar surface area (TPSA) is 33.4 Å². The summed E-state index contributed by atoms with van der Waals surface area (Å²) >= 11 is 0. The number of pyridine rings is 1. The van der Waals surface area contributed by atoms with Gasteiger partial charge >= 0.3 is 5.97 Å². The molecule has 0 bridgehead atoms. The number of aromatic nitrogens is 1. The molecule has 0 unspecified atom stereocenters. The number of rotatable bonds is 6. The molecule has 18 heavy (non-hydrogen) atoms. The van der Waals surface area contributed by atoms with Gasteiger partial charge in [-0.2, -0.15) is 0 Å². The summed E-state index contributed by atoms with van der Waals surface area (Å²) < 4.78 is 6.71. The van der Waals surface area contributed by atoms with E-state index in [-0.39, 0.29) is 29.9 Å². The minimum Gasteiger partial charge on any atom is -1.00 e. The molecule has 1 rings (SSSR count). The standard InChI is InChI=1S/C13H21N2O2.HI/c1-4-14(5-2)9-10-15-8-6-7-12(11-15)13(16)17-3;/h6-8,11H,4-5,9-10H2,1-3H3;1H/q+1;/p-1. The zero-order valence-corrected chi connectivity index (χ0v) is 13.4. The number of methoxy groups -OCH3 is 1. The molecule has 1 aromatic rings. The van der Waals surface area contributed by atoms with E-state index in [0.29, 0.717) is 5.56 Å². The van der Waals surface area contributed by atoms with Crippen molar-refractivity contribution in [2.75, 3.05) is 26.7 Å². The van der Waals surface area contributed by atoms with E-state index in [2.05, 4.69) is 18.7 Å². The normalized spacial score (nSPS) is 10.0. The number of esters is 1. The molecule has 4 nitrogen and oxygen atoms in total. The van der Waals surface area contributed by atoms with Crippen LogP contribution >= 0.6 is 0 Å². The first-order chi connectivity index (χ1) is 8.21. The second kappa shape index (κ2) is 9.27. The van der Waals surface area contributed by atoms with Crippen LogP contribution in [0.3, 0.4) is 0 Å². The minimum absolute atomic E-state index is 0. The number of carbonyl (C=O) groups is 1. The molecule has 1 aromatic heterocycles. The Hall–Kier alpha value is -0.690. The molecule has 0 saturated carbocycles. The minimum atomic E-state index is -0.290. The maximum Gasteiger partial charge on any atom is 0.343 e. The van der Waals surface area contributed by atoms with Gasteiger partial charge in [0, 0.05) is 6.07 Å². The summed E-state index contributed by atoms with van der Waals surface area (Å²) in [5.74, 6) is -0.290. The Balaban J connectivity index is 0.00000289. The van der Waals surface area contributed by atoms with Crippen LogP contribution in [0.15, 0.2) is 24.5 Å². The highest BCUT2D eigenvalue weighted by molar-refractivity contribution is 5.88. The predicted molar refractivity (Wildman–Crippen MR) is 65.8 cm³/mol. The molecule has 0 aliphatic heterocycles. The van der Waals surface area contributed by atoms with Crippen LogP contribution in [0, 0.1) is 0 Å². The van der Waals surface area contributed by atoms with Gasteiger partial charge in [-0.3, -0.25) is 4.90 Å². The molecule has 0 N–H and O–H groups in total. The van der Waals surface area contributed by atoms with Gasteiger partial charge in [-0.25, -0.2) is 9.36 Å².